The van der Waals surface area contributed by atoms with Crippen LogP contribution in [0, 0.1) is 5.53 Å². The van der Waals surface area contributed by atoms with Crippen LogP contribution < -0.4 is 5.32 Å². The quantitative estimate of drug-likeness (QED) is 0.442. The van der Waals surface area contributed by atoms with Gasteiger partial charge in [0.25, 0.3) is 5.88 Å². The van der Waals surface area contributed by atoms with E-state index in [9.17, 15) is 0 Å². The number of hydrogen-bond acceptors (Lipinski definition) is 4. The number of hydrogen-bond donors (Lipinski definition) is 2. The highest BCUT2D eigenvalue weighted by Crippen LogP contribution is 2.00. The molecular formula is C5H11N3O. The smallest absolute Gasteiger partial charge is 0.251 e. The van der Waals surface area contributed by atoms with E-state index in [1.165, 1.54) is 7.11 Å². The van der Waals surface area contributed by atoms with Gasteiger partial charge in [0.05, 0.1) is 12.8 Å². The Morgan fingerprint density at radius 2 is 2.22 bits per heavy atom. The highest BCUT2D eigenvalue weighted by Gasteiger charge is 1.95. The summed E-state index contributed by atoms with van der Waals surface area (Å²) in [6.07, 6.45) is 0. The number of ether oxygens (including phenoxy) is 1. The Kier molecular flexibility index (Phi) is 3.43. The summed E-state index contributed by atoms with van der Waals surface area (Å²) < 4.78 is 4.72. The fourth-order valence-corrected chi connectivity index (χ4v) is 0.390. The van der Waals surface area contributed by atoms with Gasteiger partial charge in [-0.2, -0.15) is 0 Å². The largest absolute Gasteiger partial charge is 0.479 e. The van der Waals surface area contributed by atoms with Crippen molar-refractivity contribution in [3.63, 3.8) is 0 Å². The lowest BCUT2D eigenvalue weighted by atomic mass is 10.5. The van der Waals surface area contributed by atoms with Crippen LogP contribution in [0.25, 0.3) is 0 Å². The van der Waals surface area contributed by atoms with Gasteiger partial charge >= 0.3 is 0 Å². The van der Waals surface area contributed by atoms with Crippen molar-refractivity contribution in [2.75, 3.05) is 14.2 Å². The van der Waals surface area contributed by atoms with E-state index < -0.39 is 0 Å². The normalized spacial score (nSPS) is 11.9. The van der Waals surface area contributed by atoms with Gasteiger partial charge < -0.3 is 10.1 Å². The van der Waals surface area contributed by atoms with E-state index in [0.29, 0.717) is 5.88 Å². The fraction of sp³-hybridized carbons (Fsp3) is 0.600. The third-order valence-corrected chi connectivity index (χ3v) is 0.991. The van der Waals surface area contributed by atoms with Crippen LogP contribution in [0.5, 0.6) is 0 Å². The average molecular weight is 129 g/mol. The molecule has 0 bridgehead atoms. The van der Waals surface area contributed by atoms with Crippen LogP contribution in [0.3, 0.4) is 0 Å². The first-order valence-electron chi connectivity index (χ1n) is 2.56. The molecule has 0 rings (SSSR count). The second-order valence-electron chi connectivity index (χ2n) is 1.50. The van der Waals surface area contributed by atoms with Crippen molar-refractivity contribution >= 4 is 0 Å². The molecule has 0 aliphatic rings. The first-order chi connectivity index (χ1) is 4.26. The number of nitrogens with one attached hydrogen (secondary N) is 2. The maximum absolute atomic E-state index is 6.60. The van der Waals surface area contributed by atoms with Crippen LogP contribution in [-0.4, -0.2) is 14.2 Å². The molecule has 0 aromatic heterocycles. The molecule has 2 N–H and O–H groups in total. The zero-order valence-corrected chi connectivity index (χ0v) is 5.86. The number of nitrogens with zero attached hydrogens (tertiary/aromatic N) is 1. The summed E-state index contributed by atoms with van der Waals surface area (Å²) in [5, 5.41) is 5.93. The van der Waals surface area contributed by atoms with E-state index in [0.717, 1.165) is 5.70 Å². The molecule has 4 heteroatoms. The molecule has 0 atom stereocenters. The summed E-state index contributed by atoms with van der Waals surface area (Å²) in [4.78, 5) is 0. The molecule has 0 radical (unpaired) electrons. The minimum atomic E-state index is 0.317. The molecule has 0 unspecified atom stereocenters. The summed E-state index contributed by atoms with van der Waals surface area (Å²) in [5.41, 5.74) is 7.35. The average Bonchev–Trinajstić information content (AvgIpc) is 1.90. The summed E-state index contributed by atoms with van der Waals surface area (Å²) in [6, 6.07) is 0. The number of rotatable bonds is 3. The molecule has 0 aliphatic carbocycles. The Hall–Kier alpha value is -1.06. The lowest BCUT2D eigenvalue weighted by Crippen LogP contribution is -2.05. The van der Waals surface area contributed by atoms with Gasteiger partial charge in [0.2, 0.25) is 0 Å². The molecule has 4 nitrogen and oxygen atoms in total. The van der Waals surface area contributed by atoms with Crippen molar-refractivity contribution in [1.82, 2.24) is 5.32 Å². The summed E-state index contributed by atoms with van der Waals surface area (Å²) >= 11 is 0. The molecular weight excluding hydrogens is 118 g/mol. The molecule has 0 fully saturated rings. The zero-order chi connectivity index (χ0) is 7.28. The van der Waals surface area contributed by atoms with Crippen LogP contribution >= 0.6 is 0 Å². The maximum Gasteiger partial charge on any atom is 0.251 e. The predicted molar refractivity (Wildman–Crippen MR) is 33.9 cm³/mol. The van der Waals surface area contributed by atoms with Gasteiger partial charge in [0.1, 0.15) is 0 Å². The van der Waals surface area contributed by atoms with Crippen LogP contribution in [0.4, 0.5) is 0 Å². The van der Waals surface area contributed by atoms with E-state index in [2.05, 4.69) is 10.4 Å². The second kappa shape index (κ2) is 3.88. The Labute approximate surface area is 54.4 Å². The molecule has 52 valence electrons. The number of allylic oxidation sites excluding steroid dienone is 1. The van der Waals surface area contributed by atoms with E-state index in [-0.39, 0.29) is 0 Å². The van der Waals surface area contributed by atoms with E-state index in [1.807, 2.05) is 0 Å². The molecule has 9 heavy (non-hydrogen) atoms. The Bertz CT molecular complexity index is 130. The SMILES string of the molecule is CN/C(C)=C(\N=N)OC. The highest BCUT2D eigenvalue weighted by molar-refractivity contribution is 4.99. The van der Waals surface area contributed by atoms with Gasteiger partial charge in [-0.3, -0.25) is 0 Å². The van der Waals surface area contributed by atoms with Gasteiger partial charge in [0, 0.05) is 7.05 Å². The van der Waals surface area contributed by atoms with Crippen molar-refractivity contribution in [3.05, 3.63) is 11.6 Å². The van der Waals surface area contributed by atoms with E-state index in [4.69, 9.17) is 10.3 Å². The lowest BCUT2D eigenvalue weighted by molar-refractivity contribution is 0.274. The Morgan fingerprint density at radius 1 is 1.67 bits per heavy atom. The van der Waals surface area contributed by atoms with Crippen molar-refractivity contribution < 1.29 is 4.74 Å². The van der Waals surface area contributed by atoms with Crippen molar-refractivity contribution in [3.8, 4) is 0 Å². The molecule has 0 aliphatic heterocycles. The summed E-state index contributed by atoms with van der Waals surface area (Å²) in [5.74, 6) is 0.317. The first-order valence-corrected chi connectivity index (χ1v) is 2.56. The zero-order valence-electron chi connectivity index (χ0n) is 5.86. The molecule has 0 saturated heterocycles. The third-order valence-electron chi connectivity index (χ3n) is 0.991. The first kappa shape index (κ1) is 7.94. The summed E-state index contributed by atoms with van der Waals surface area (Å²) in [7, 11) is 3.23. The maximum atomic E-state index is 6.60. The van der Waals surface area contributed by atoms with Gasteiger partial charge in [0.15, 0.2) is 0 Å². The van der Waals surface area contributed by atoms with Gasteiger partial charge in [-0.05, 0) is 6.92 Å². The van der Waals surface area contributed by atoms with Crippen LogP contribution in [0.15, 0.2) is 16.7 Å². The molecule has 0 spiro atoms. The molecule has 0 saturated carbocycles. The number of methoxy groups -OCH3 is 1. The minimum Gasteiger partial charge on any atom is -0.479 e. The van der Waals surface area contributed by atoms with Crippen molar-refractivity contribution in [2.24, 2.45) is 5.11 Å². The topological polar surface area (TPSA) is 57.5 Å². The van der Waals surface area contributed by atoms with Crippen LogP contribution in [0.1, 0.15) is 6.92 Å². The molecule has 0 aromatic rings. The van der Waals surface area contributed by atoms with Crippen molar-refractivity contribution in [2.45, 2.75) is 6.92 Å². The Balaban J connectivity index is 4.18. The molecule has 0 heterocycles. The second-order valence-corrected chi connectivity index (χ2v) is 1.50. The monoisotopic (exact) mass is 129 g/mol. The van der Waals surface area contributed by atoms with Crippen LogP contribution in [0.2, 0.25) is 0 Å². The van der Waals surface area contributed by atoms with Crippen LogP contribution in [-0.2, 0) is 4.74 Å². The lowest BCUT2D eigenvalue weighted by Gasteiger charge is -2.02. The highest BCUT2D eigenvalue weighted by atomic mass is 16.5. The Morgan fingerprint density at radius 3 is 2.33 bits per heavy atom. The molecule has 0 amide bonds. The van der Waals surface area contributed by atoms with E-state index >= 15 is 0 Å². The molecule has 0 aromatic carbocycles. The predicted octanol–water partition coefficient (Wildman–Crippen LogP) is 1.07. The van der Waals surface area contributed by atoms with Gasteiger partial charge in [-0.25, -0.2) is 5.53 Å². The van der Waals surface area contributed by atoms with Gasteiger partial charge in [-0.1, -0.05) is 0 Å². The van der Waals surface area contributed by atoms with E-state index in [1.54, 1.807) is 14.0 Å². The third kappa shape index (κ3) is 2.12. The van der Waals surface area contributed by atoms with Crippen molar-refractivity contribution in [1.29, 1.82) is 5.53 Å². The van der Waals surface area contributed by atoms with Gasteiger partial charge in [-0.15, -0.1) is 5.11 Å². The summed E-state index contributed by atoms with van der Waals surface area (Å²) in [6.45, 7) is 1.79. The standard InChI is InChI=1S/C5H11N3O/c1-4(7-2)5(8-6)9-3/h6-7H,1-3H3/b5-4+,8-6?. The fourth-order valence-electron chi connectivity index (χ4n) is 0.390. The minimum absolute atomic E-state index is 0.317.